The summed E-state index contributed by atoms with van der Waals surface area (Å²) in [5, 5.41) is 39.7. The van der Waals surface area contributed by atoms with Gasteiger partial charge in [-0.2, -0.15) is 4.89 Å². The van der Waals surface area contributed by atoms with Crippen molar-refractivity contribution in [3.63, 3.8) is 0 Å². The predicted molar refractivity (Wildman–Crippen MR) is 144 cm³/mol. The molecule has 1 heterocycles. The number of hydrogen-bond acceptors (Lipinski definition) is 13. The van der Waals surface area contributed by atoms with Gasteiger partial charge in [-0.3, -0.25) is 14.5 Å². The summed E-state index contributed by atoms with van der Waals surface area (Å²) in [6.45, 7) is 3.32. The first kappa shape index (κ1) is 36.9. The van der Waals surface area contributed by atoms with Crippen LogP contribution in [0.4, 0.5) is 0 Å². The van der Waals surface area contributed by atoms with Crippen molar-refractivity contribution in [3.8, 4) is 0 Å². The Balaban J connectivity index is 2.95. The Morgan fingerprint density at radius 2 is 1.59 bits per heavy atom. The fourth-order valence-corrected chi connectivity index (χ4v) is 3.87. The van der Waals surface area contributed by atoms with Crippen LogP contribution in [0.5, 0.6) is 0 Å². The highest BCUT2D eigenvalue weighted by Crippen LogP contribution is 2.28. The number of hydrogen-bond donors (Lipinski definition) is 4. The lowest BCUT2D eigenvalue weighted by Crippen LogP contribution is -2.62. The molecule has 0 aromatic rings. The molecule has 0 aromatic heterocycles. The van der Waals surface area contributed by atoms with Crippen molar-refractivity contribution in [1.82, 2.24) is 0 Å². The van der Waals surface area contributed by atoms with Gasteiger partial charge in [-0.25, -0.2) is 4.79 Å². The second-order valence-electron chi connectivity index (χ2n) is 9.92. The molecule has 0 saturated carbocycles. The summed E-state index contributed by atoms with van der Waals surface area (Å²) in [5.74, 6) is -2.04. The van der Waals surface area contributed by atoms with Gasteiger partial charge in [-0.05, 0) is 38.5 Å². The van der Waals surface area contributed by atoms with Gasteiger partial charge in [-0.15, -0.1) is 0 Å². The maximum Gasteiger partial charge on any atom is 0.342 e. The number of ether oxygens (including phenoxy) is 4. The first-order valence-corrected chi connectivity index (χ1v) is 14.4. The van der Waals surface area contributed by atoms with Gasteiger partial charge in [0.2, 0.25) is 0 Å². The van der Waals surface area contributed by atoms with E-state index in [2.05, 4.69) is 19.1 Å². The van der Waals surface area contributed by atoms with E-state index in [0.717, 1.165) is 39.0 Å². The minimum atomic E-state index is -1.58. The summed E-state index contributed by atoms with van der Waals surface area (Å²) in [6.07, 6.45) is 0.972. The van der Waals surface area contributed by atoms with Gasteiger partial charge in [0.15, 0.2) is 18.5 Å². The molecule has 1 rings (SSSR count). The summed E-state index contributed by atoms with van der Waals surface area (Å²) in [6, 6.07) is 0. The van der Waals surface area contributed by atoms with Gasteiger partial charge in [-0.1, -0.05) is 38.8 Å². The number of aliphatic hydroxyl groups excluding tert-OH is 4. The molecule has 4 N–H and O–H groups in total. The van der Waals surface area contributed by atoms with Crippen molar-refractivity contribution in [3.05, 3.63) is 12.2 Å². The molecule has 0 aliphatic carbocycles. The van der Waals surface area contributed by atoms with Crippen LogP contribution in [-0.2, 0) is 43.1 Å². The van der Waals surface area contributed by atoms with Crippen LogP contribution >= 0.6 is 0 Å². The topological polar surface area (TPSA) is 188 Å². The third-order valence-corrected chi connectivity index (χ3v) is 6.25. The molecule has 0 radical (unpaired) electrons. The van der Waals surface area contributed by atoms with Gasteiger partial charge >= 0.3 is 17.9 Å². The second-order valence-corrected chi connectivity index (χ2v) is 9.92. The van der Waals surface area contributed by atoms with Crippen LogP contribution in [0.2, 0.25) is 0 Å². The maximum atomic E-state index is 12.7. The number of esters is 2. The van der Waals surface area contributed by atoms with Crippen molar-refractivity contribution in [2.24, 2.45) is 0 Å². The van der Waals surface area contributed by atoms with Crippen molar-refractivity contribution in [2.75, 3.05) is 19.8 Å². The quantitative estimate of drug-likeness (QED) is 0.0495. The van der Waals surface area contributed by atoms with Gasteiger partial charge in [0, 0.05) is 19.8 Å². The van der Waals surface area contributed by atoms with Crippen LogP contribution in [0.1, 0.15) is 85.0 Å². The van der Waals surface area contributed by atoms with Crippen molar-refractivity contribution in [1.29, 1.82) is 0 Å². The van der Waals surface area contributed by atoms with Crippen LogP contribution in [0, 0.1) is 0 Å². The van der Waals surface area contributed by atoms with E-state index < -0.39 is 80.6 Å². The Labute approximate surface area is 241 Å². The molecule has 7 atom stereocenters. The van der Waals surface area contributed by atoms with E-state index in [1.807, 2.05) is 0 Å². The summed E-state index contributed by atoms with van der Waals surface area (Å²) < 4.78 is 21.7. The van der Waals surface area contributed by atoms with Crippen LogP contribution in [0.3, 0.4) is 0 Å². The molecule has 238 valence electrons. The predicted octanol–water partition coefficient (Wildman–Crippen LogP) is 1.62. The van der Waals surface area contributed by atoms with Gasteiger partial charge in [0.25, 0.3) is 0 Å². The minimum Gasteiger partial charge on any atom is -0.463 e. The lowest BCUT2D eigenvalue weighted by atomic mass is 9.98. The van der Waals surface area contributed by atoms with Crippen LogP contribution in [-0.4, -0.2) is 101 Å². The second kappa shape index (κ2) is 21.6. The standard InChI is InChI=1S/C28H48O13/c1-4-6-7-8-9-10-11-12-13-15-23(33)39-26-25(35)22(18-36-19(3)30)38-28(37-17-21(32)20(31)16-29)27(26)41-40-24(34)14-5-2/h9-10,20-22,25-29,31-32,35H,4-8,11-18H2,1-3H3/b10-9+/t20-,21+,22-,25-,26+,27+,28-/m1/s1. The monoisotopic (exact) mass is 592 g/mol. The first-order chi connectivity index (χ1) is 19.6. The Morgan fingerprint density at radius 1 is 0.902 bits per heavy atom. The van der Waals surface area contributed by atoms with Crippen LogP contribution < -0.4 is 0 Å². The van der Waals surface area contributed by atoms with Crippen molar-refractivity contribution in [2.45, 2.75) is 128 Å². The Morgan fingerprint density at radius 3 is 2.20 bits per heavy atom. The van der Waals surface area contributed by atoms with Gasteiger partial charge in [0.1, 0.15) is 31.0 Å². The molecule has 1 aliphatic heterocycles. The molecular formula is C28H48O13. The Bertz CT molecular complexity index is 774. The highest BCUT2D eigenvalue weighted by molar-refractivity contribution is 5.70. The summed E-state index contributed by atoms with van der Waals surface area (Å²) in [7, 11) is 0. The van der Waals surface area contributed by atoms with Gasteiger partial charge < -0.3 is 39.4 Å². The van der Waals surface area contributed by atoms with E-state index in [9.17, 15) is 29.7 Å². The molecule has 1 saturated heterocycles. The van der Waals surface area contributed by atoms with E-state index in [1.54, 1.807) is 6.92 Å². The van der Waals surface area contributed by atoms with Gasteiger partial charge in [0.05, 0.1) is 13.2 Å². The smallest absolute Gasteiger partial charge is 0.342 e. The van der Waals surface area contributed by atoms with E-state index in [4.69, 9.17) is 33.8 Å². The molecule has 0 unspecified atom stereocenters. The lowest BCUT2D eigenvalue weighted by Gasteiger charge is -2.42. The Hall–Kier alpha value is -2.13. The van der Waals surface area contributed by atoms with E-state index in [0.29, 0.717) is 12.8 Å². The molecule has 0 spiro atoms. The molecule has 13 nitrogen and oxygen atoms in total. The molecule has 0 amide bonds. The third kappa shape index (κ3) is 15.1. The Kier molecular flexibility index (Phi) is 19.4. The lowest BCUT2D eigenvalue weighted by molar-refractivity contribution is -0.391. The zero-order chi connectivity index (χ0) is 30.6. The minimum absolute atomic E-state index is 0.0235. The average Bonchev–Trinajstić information content (AvgIpc) is 2.94. The SMILES string of the molecule is CCCCC/C=C/CCCCC(=O)O[C@H]1[C@H](O)[C@@H](COC(C)=O)O[C@@H](OC[C@H](O)[C@H](O)CO)[C@H]1OOC(=O)CCC. The van der Waals surface area contributed by atoms with E-state index >= 15 is 0 Å². The molecular weight excluding hydrogens is 544 g/mol. The van der Waals surface area contributed by atoms with E-state index in [1.165, 1.54) is 6.42 Å². The van der Waals surface area contributed by atoms with Crippen LogP contribution in [0.15, 0.2) is 12.2 Å². The molecule has 41 heavy (non-hydrogen) atoms. The normalized spacial score (nSPS) is 24.1. The number of carbonyl (C=O) groups excluding carboxylic acids is 3. The largest absolute Gasteiger partial charge is 0.463 e. The highest BCUT2D eigenvalue weighted by Gasteiger charge is 2.51. The highest BCUT2D eigenvalue weighted by atomic mass is 17.2. The summed E-state index contributed by atoms with van der Waals surface area (Å²) in [5.41, 5.74) is 0. The number of rotatable bonds is 21. The maximum absolute atomic E-state index is 12.7. The fourth-order valence-electron chi connectivity index (χ4n) is 3.87. The number of allylic oxidation sites excluding steroid dienone is 2. The molecule has 13 heteroatoms. The fraction of sp³-hybridized carbons (Fsp3) is 0.821. The van der Waals surface area contributed by atoms with E-state index in [-0.39, 0.29) is 12.8 Å². The number of unbranched alkanes of at least 4 members (excludes halogenated alkanes) is 5. The van der Waals surface area contributed by atoms with Crippen LogP contribution in [0.25, 0.3) is 0 Å². The first-order valence-electron chi connectivity index (χ1n) is 14.4. The van der Waals surface area contributed by atoms with Crippen molar-refractivity contribution < 1.29 is 63.5 Å². The molecule has 1 fully saturated rings. The average molecular weight is 593 g/mol. The molecule has 0 bridgehead atoms. The van der Waals surface area contributed by atoms with Crippen molar-refractivity contribution >= 4 is 17.9 Å². The number of aliphatic hydroxyl groups is 4. The number of carbonyl (C=O) groups is 3. The zero-order valence-corrected chi connectivity index (χ0v) is 24.4. The molecule has 0 aromatic carbocycles. The third-order valence-electron chi connectivity index (χ3n) is 6.25. The zero-order valence-electron chi connectivity index (χ0n) is 24.4. The summed E-state index contributed by atoms with van der Waals surface area (Å²) >= 11 is 0. The molecule has 1 aliphatic rings. The summed E-state index contributed by atoms with van der Waals surface area (Å²) in [4.78, 5) is 46.2.